The largest absolute Gasteiger partial charge is 0.490 e. The van der Waals surface area contributed by atoms with E-state index in [9.17, 15) is 18.8 Å². The van der Waals surface area contributed by atoms with Gasteiger partial charge in [0.05, 0.1) is 15.1 Å². The van der Waals surface area contributed by atoms with Crippen molar-refractivity contribution in [2.45, 2.75) is 13.5 Å². The minimum absolute atomic E-state index is 0.191. The Morgan fingerprint density at radius 3 is 2.51 bits per heavy atom. The molecule has 0 bridgehead atoms. The van der Waals surface area contributed by atoms with Crippen molar-refractivity contribution in [3.05, 3.63) is 92.1 Å². The van der Waals surface area contributed by atoms with Gasteiger partial charge in [-0.25, -0.2) is 4.39 Å². The van der Waals surface area contributed by atoms with E-state index in [-0.39, 0.29) is 4.91 Å². The van der Waals surface area contributed by atoms with Gasteiger partial charge in [0, 0.05) is 5.69 Å². The number of nitrogens with zero attached hydrogens (tertiary/aromatic N) is 1. The van der Waals surface area contributed by atoms with Gasteiger partial charge < -0.3 is 14.8 Å². The molecule has 0 atom stereocenters. The molecule has 37 heavy (non-hydrogen) atoms. The summed E-state index contributed by atoms with van der Waals surface area (Å²) in [5, 5.41) is 2.00. The Hall–Kier alpha value is -3.38. The lowest BCUT2D eigenvalue weighted by Crippen LogP contribution is -2.36. The summed E-state index contributed by atoms with van der Waals surface area (Å²) in [5.74, 6) is -0.458. The summed E-state index contributed by atoms with van der Waals surface area (Å²) in [7, 11) is 0. The van der Waals surface area contributed by atoms with E-state index < -0.39 is 29.4 Å². The fraction of sp³-hybridized carbons (Fsp3) is 0.148. The highest BCUT2D eigenvalue weighted by atomic mass is 127. The minimum atomic E-state index is -0.568. The number of rotatable bonds is 9. The van der Waals surface area contributed by atoms with Crippen LogP contribution in [0.3, 0.4) is 0 Å². The maximum absolute atomic E-state index is 13.1. The third-order valence-corrected chi connectivity index (χ3v) is 6.87. The zero-order chi connectivity index (χ0) is 26.4. The average Bonchev–Trinajstić information content (AvgIpc) is 3.13. The van der Waals surface area contributed by atoms with Crippen LogP contribution in [0.15, 0.2) is 71.6 Å². The molecule has 1 heterocycles. The van der Waals surface area contributed by atoms with Crippen molar-refractivity contribution in [3.63, 3.8) is 0 Å². The van der Waals surface area contributed by atoms with E-state index in [1.54, 1.807) is 12.1 Å². The molecule has 0 aromatic heterocycles. The number of carbonyl (C=O) groups excluding carboxylic acids is 3. The van der Waals surface area contributed by atoms with E-state index in [2.05, 4.69) is 27.9 Å². The summed E-state index contributed by atoms with van der Waals surface area (Å²) in [5.41, 5.74) is 2.03. The first-order valence-electron chi connectivity index (χ1n) is 11.3. The van der Waals surface area contributed by atoms with E-state index in [0.29, 0.717) is 36.0 Å². The molecule has 1 aliphatic heterocycles. The van der Waals surface area contributed by atoms with Crippen LogP contribution in [0.1, 0.15) is 18.1 Å². The topological polar surface area (TPSA) is 84.9 Å². The molecule has 190 valence electrons. The zero-order valence-electron chi connectivity index (χ0n) is 19.7. The lowest BCUT2D eigenvalue weighted by Gasteiger charge is -2.15. The van der Waals surface area contributed by atoms with Crippen LogP contribution in [0.4, 0.5) is 14.9 Å². The van der Waals surface area contributed by atoms with Gasteiger partial charge in [0.1, 0.15) is 19.0 Å². The molecule has 0 saturated carbocycles. The fourth-order valence-corrected chi connectivity index (χ4v) is 5.09. The second-order valence-corrected chi connectivity index (χ2v) is 10.0. The third kappa shape index (κ3) is 6.89. The lowest BCUT2D eigenvalue weighted by molar-refractivity contribution is -0.127. The van der Waals surface area contributed by atoms with Crippen molar-refractivity contribution in [1.82, 2.24) is 4.90 Å². The summed E-state index contributed by atoms with van der Waals surface area (Å²) in [6.45, 7) is 2.20. The van der Waals surface area contributed by atoms with Crippen molar-refractivity contribution < 1.29 is 28.2 Å². The number of hydrogen-bond acceptors (Lipinski definition) is 6. The monoisotopic (exact) mass is 632 g/mol. The van der Waals surface area contributed by atoms with E-state index in [4.69, 9.17) is 9.47 Å². The molecule has 1 saturated heterocycles. The van der Waals surface area contributed by atoms with Gasteiger partial charge in [-0.15, -0.1) is 0 Å². The van der Waals surface area contributed by atoms with Crippen LogP contribution < -0.4 is 14.8 Å². The first-order valence-corrected chi connectivity index (χ1v) is 13.2. The zero-order valence-corrected chi connectivity index (χ0v) is 22.7. The van der Waals surface area contributed by atoms with Crippen molar-refractivity contribution in [2.75, 3.05) is 18.5 Å². The SMILES string of the molecule is CCOc1cc(/C=C2\SC(=O)N(CC(=O)Nc3ccc(F)cc3)C2=O)cc(I)c1OCc1ccccc1. The molecule has 0 aliphatic carbocycles. The van der Waals surface area contributed by atoms with Crippen LogP contribution >= 0.6 is 34.4 Å². The number of imide groups is 1. The molecule has 0 radical (unpaired) electrons. The molecular formula is C27H22FIN2O5S. The normalized spacial score (nSPS) is 14.2. The number of hydrogen-bond donors (Lipinski definition) is 1. The average molecular weight is 632 g/mol. The van der Waals surface area contributed by atoms with Crippen LogP contribution in [0, 0.1) is 9.39 Å². The van der Waals surface area contributed by atoms with Crippen molar-refractivity contribution in [3.8, 4) is 11.5 Å². The summed E-state index contributed by atoms with van der Waals surface area (Å²) >= 11 is 2.90. The van der Waals surface area contributed by atoms with Gasteiger partial charge in [0.2, 0.25) is 5.91 Å². The maximum Gasteiger partial charge on any atom is 0.294 e. The molecular weight excluding hydrogens is 610 g/mol. The van der Waals surface area contributed by atoms with Gasteiger partial charge in [-0.05, 0) is 94.9 Å². The number of anilines is 1. The predicted molar refractivity (Wildman–Crippen MR) is 149 cm³/mol. The Morgan fingerprint density at radius 1 is 1.08 bits per heavy atom. The van der Waals surface area contributed by atoms with Crippen molar-refractivity contribution >= 4 is 63.2 Å². The Kier molecular flexibility index (Phi) is 8.82. The molecule has 0 spiro atoms. The summed E-state index contributed by atoms with van der Waals surface area (Å²) in [6, 6.07) is 18.5. The number of carbonyl (C=O) groups is 3. The number of benzene rings is 3. The van der Waals surface area contributed by atoms with Gasteiger partial charge in [0.25, 0.3) is 11.1 Å². The molecule has 3 amide bonds. The highest BCUT2D eigenvalue weighted by Crippen LogP contribution is 2.38. The second kappa shape index (κ2) is 12.2. The van der Waals surface area contributed by atoms with E-state index >= 15 is 0 Å². The van der Waals surface area contributed by atoms with Crippen LogP contribution in [0.5, 0.6) is 11.5 Å². The van der Waals surface area contributed by atoms with E-state index in [0.717, 1.165) is 25.8 Å². The molecule has 4 rings (SSSR count). The van der Waals surface area contributed by atoms with Gasteiger partial charge >= 0.3 is 0 Å². The van der Waals surface area contributed by atoms with Crippen molar-refractivity contribution in [2.24, 2.45) is 0 Å². The number of nitrogens with one attached hydrogen (secondary N) is 1. The molecule has 7 nitrogen and oxygen atoms in total. The predicted octanol–water partition coefficient (Wildman–Crippen LogP) is 6.08. The maximum atomic E-state index is 13.1. The lowest BCUT2D eigenvalue weighted by atomic mass is 10.1. The van der Waals surface area contributed by atoms with Crippen LogP contribution in [0.2, 0.25) is 0 Å². The Balaban J connectivity index is 1.48. The van der Waals surface area contributed by atoms with Gasteiger partial charge in [-0.3, -0.25) is 19.3 Å². The summed E-state index contributed by atoms with van der Waals surface area (Å²) < 4.78 is 25.7. The molecule has 1 N–H and O–H groups in total. The fourth-order valence-electron chi connectivity index (χ4n) is 3.47. The van der Waals surface area contributed by atoms with Crippen LogP contribution in [-0.2, 0) is 16.2 Å². The number of ether oxygens (including phenoxy) is 2. The quantitative estimate of drug-likeness (QED) is 0.227. The number of halogens is 2. The summed E-state index contributed by atoms with van der Waals surface area (Å²) in [4.78, 5) is 38.8. The Morgan fingerprint density at radius 2 is 1.81 bits per heavy atom. The van der Waals surface area contributed by atoms with Crippen molar-refractivity contribution in [1.29, 1.82) is 0 Å². The Labute approximate surface area is 231 Å². The molecule has 3 aromatic rings. The third-order valence-electron chi connectivity index (χ3n) is 5.16. The van der Waals surface area contributed by atoms with Gasteiger partial charge in [-0.1, -0.05) is 30.3 Å². The minimum Gasteiger partial charge on any atom is -0.490 e. The number of amides is 3. The molecule has 3 aromatic carbocycles. The highest BCUT2D eigenvalue weighted by molar-refractivity contribution is 14.1. The van der Waals surface area contributed by atoms with Crippen LogP contribution in [-0.4, -0.2) is 35.1 Å². The number of thioether (sulfide) groups is 1. The first kappa shape index (κ1) is 26.7. The smallest absolute Gasteiger partial charge is 0.294 e. The standard InChI is InChI=1S/C27H22FIN2O5S/c1-2-35-22-13-18(12-21(29)25(22)36-16-17-6-4-3-5-7-17)14-23-26(33)31(27(34)37-23)15-24(32)30-20-10-8-19(28)9-11-20/h3-14H,2,15-16H2,1H3,(H,30,32)/b23-14-. The first-order chi connectivity index (χ1) is 17.8. The Bertz CT molecular complexity index is 1350. The molecule has 10 heteroatoms. The van der Waals surface area contributed by atoms with Gasteiger partial charge in [-0.2, -0.15) is 0 Å². The van der Waals surface area contributed by atoms with E-state index in [1.165, 1.54) is 24.3 Å². The molecule has 0 unspecified atom stereocenters. The summed E-state index contributed by atoms with van der Waals surface area (Å²) in [6.07, 6.45) is 1.59. The van der Waals surface area contributed by atoms with E-state index in [1.807, 2.05) is 43.3 Å². The molecule has 1 aliphatic rings. The van der Waals surface area contributed by atoms with Gasteiger partial charge in [0.15, 0.2) is 11.5 Å². The molecule has 1 fully saturated rings. The highest BCUT2D eigenvalue weighted by Gasteiger charge is 2.36. The second-order valence-electron chi connectivity index (χ2n) is 7.86. The van der Waals surface area contributed by atoms with Crippen LogP contribution in [0.25, 0.3) is 6.08 Å².